The number of rotatable bonds is 4. The Balaban J connectivity index is 1.58. The van der Waals surface area contributed by atoms with E-state index in [2.05, 4.69) is 76.4 Å². The third-order valence-corrected chi connectivity index (χ3v) is 7.67. The number of likely N-dealkylation sites (tertiary alicyclic amines) is 1. The molecular weight excluding hydrogens is 316 g/mol. The van der Waals surface area contributed by atoms with E-state index in [4.69, 9.17) is 4.99 Å². The van der Waals surface area contributed by atoms with Crippen molar-refractivity contribution < 1.29 is 0 Å². The summed E-state index contributed by atoms with van der Waals surface area (Å²) in [5, 5.41) is 0. The van der Waals surface area contributed by atoms with Crippen LogP contribution in [0.3, 0.4) is 0 Å². The molecule has 4 rings (SSSR count). The molecule has 2 nitrogen and oxygen atoms in total. The summed E-state index contributed by atoms with van der Waals surface area (Å²) in [5.41, 5.74) is 5.90. The minimum atomic E-state index is 0.394. The number of nitrogens with zero attached hydrogens (tertiary/aromatic N) is 2. The standard InChI is InChI=1S/C24H32N2/c1-7-20(19-12-16(4)10-11-17(19)5)25-18(6)26-14-22-23(8-2,9-3)21-13-24(21,22)15-26/h7-8,10-12,21-22H,2,9,13-15H2,1,3-6H3/b20-7-,25-18?. The fourth-order valence-electron chi connectivity index (χ4n) is 6.10. The Kier molecular flexibility index (Phi) is 3.95. The molecule has 4 unspecified atom stereocenters. The van der Waals surface area contributed by atoms with Crippen molar-refractivity contribution in [2.24, 2.45) is 27.7 Å². The Hall–Kier alpha value is -1.83. The largest absolute Gasteiger partial charge is 0.359 e. The van der Waals surface area contributed by atoms with E-state index >= 15 is 0 Å². The van der Waals surface area contributed by atoms with Gasteiger partial charge in [0, 0.05) is 18.7 Å². The van der Waals surface area contributed by atoms with E-state index in [1.165, 1.54) is 41.9 Å². The normalized spacial score (nSPS) is 35.7. The Labute approximate surface area is 158 Å². The van der Waals surface area contributed by atoms with Gasteiger partial charge in [0.2, 0.25) is 0 Å². The van der Waals surface area contributed by atoms with Crippen LogP contribution in [0.25, 0.3) is 5.70 Å². The van der Waals surface area contributed by atoms with Gasteiger partial charge in [0.15, 0.2) is 0 Å². The number of hydrogen-bond donors (Lipinski definition) is 0. The zero-order chi connectivity index (χ0) is 18.7. The van der Waals surface area contributed by atoms with Crippen LogP contribution in [0.1, 0.15) is 50.3 Å². The minimum Gasteiger partial charge on any atom is -0.359 e. The summed E-state index contributed by atoms with van der Waals surface area (Å²) in [6.07, 6.45) is 7.06. The molecule has 0 N–H and O–H groups in total. The highest BCUT2D eigenvalue weighted by Crippen LogP contribution is 2.83. The van der Waals surface area contributed by atoms with Gasteiger partial charge < -0.3 is 4.90 Å². The van der Waals surface area contributed by atoms with Crippen LogP contribution in [0.15, 0.2) is 41.9 Å². The molecule has 0 amide bonds. The number of hydrogen-bond acceptors (Lipinski definition) is 1. The van der Waals surface area contributed by atoms with E-state index in [1.807, 2.05) is 0 Å². The molecule has 1 aromatic carbocycles. The summed E-state index contributed by atoms with van der Waals surface area (Å²) in [4.78, 5) is 7.61. The molecule has 1 aromatic rings. The zero-order valence-corrected chi connectivity index (χ0v) is 17.0. The number of benzene rings is 1. The average Bonchev–Trinajstić information content (AvgIpc) is 3.15. The monoisotopic (exact) mass is 348 g/mol. The van der Waals surface area contributed by atoms with Crippen LogP contribution < -0.4 is 0 Å². The minimum absolute atomic E-state index is 0.394. The van der Waals surface area contributed by atoms with Crippen molar-refractivity contribution in [1.29, 1.82) is 0 Å². The van der Waals surface area contributed by atoms with Crippen LogP contribution in [0.2, 0.25) is 0 Å². The lowest BCUT2D eigenvalue weighted by Gasteiger charge is -2.49. The van der Waals surface area contributed by atoms with Gasteiger partial charge in [-0.1, -0.05) is 36.8 Å². The molecule has 0 bridgehead atoms. The maximum atomic E-state index is 5.07. The van der Waals surface area contributed by atoms with Gasteiger partial charge in [-0.15, -0.1) is 6.58 Å². The Morgan fingerprint density at radius 3 is 2.77 bits per heavy atom. The van der Waals surface area contributed by atoms with Crippen LogP contribution in [-0.2, 0) is 0 Å². The van der Waals surface area contributed by atoms with Crippen molar-refractivity contribution in [2.45, 2.75) is 47.5 Å². The summed E-state index contributed by atoms with van der Waals surface area (Å²) in [7, 11) is 0. The van der Waals surface area contributed by atoms with Gasteiger partial charge in [0.05, 0.1) is 5.70 Å². The van der Waals surface area contributed by atoms with Crippen LogP contribution in [-0.4, -0.2) is 23.8 Å². The molecule has 1 aliphatic heterocycles. The van der Waals surface area contributed by atoms with E-state index in [9.17, 15) is 0 Å². The second kappa shape index (κ2) is 5.84. The fourth-order valence-corrected chi connectivity index (χ4v) is 6.10. The predicted molar refractivity (Wildman–Crippen MR) is 111 cm³/mol. The lowest BCUT2D eigenvalue weighted by atomic mass is 9.54. The molecule has 3 aliphatic rings. The number of amidine groups is 1. The van der Waals surface area contributed by atoms with E-state index in [-0.39, 0.29) is 0 Å². The fraction of sp³-hybridized carbons (Fsp3) is 0.542. The van der Waals surface area contributed by atoms with Crippen molar-refractivity contribution in [3.05, 3.63) is 53.6 Å². The molecule has 3 fully saturated rings. The third-order valence-electron chi connectivity index (χ3n) is 7.67. The van der Waals surface area contributed by atoms with Crippen molar-refractivity contribution in [1.82, 2.24) is 4.90 Å². The third kappa shape index (κ3) is 2.20. The maximum absolute atomic E-state index is 5.07. The topological polar surface area (TPSA) is 15.6 Å². The van der Waals surface area contributed by atoms with E-state index in [1.54, 1.807) is 0 Å². The smallest absolute Gasteiger partial charge is 0.102 e. The molecule has 26 heavy (non-hydrogen) atoms. The van der Waals surface area contributed by atoms with Crippen molar-refractivity contribution in [3.63, 3.8) is 0 Å². The second-order valence-corrected chi connectivity index (χ2v) is 8.74. The predicted octanol–water partition coefficient (Wildman–Crippen LogP) is 5.62. The molecular formula is C24H32N2. The van der Waals surface area contributed by atoms with Crippen molar-refractivity contribution >= 4 is 11.5 Å². The van der Waals surface area contributed by atoms with Crippen LogP contribution in [0.4, 0.5) is 0 Å². The van der Waals surface area contributed by atoms with Crippen molar-refractivity contribution in [3.8, 4) is 0 Å². The quantitative estimate of drug-likeness (QED) is 0.392. The van der Waals surface area contributed by atoms with Crippen LogP contribution >= 0.6 is 0 Å². The highest BCUT2D eigenvalue weighted by atomic mass is 15.3. The zero-order valence-electron chi connectivity index (χ0n) is 17.0. The summed E-state index contributed by atoms with van der Waals surface area (Å²) in [6, 6.07) is 6.62. The van der Waals surface area contributed by atoms with Gasteiger partial charge >= 0.3 is 0 Å². The first-order valence-corrected chi connectivity index (χ1v) is 10.1. The highest BCUT2D eigenvalue weighted by Gasteiger charge is 2.81. The molecule has 2 saturated carbocycles. The Morgan fingerprint density at radius 2 is 2.12 bits per heavy atom. The SMILES string of the molecule is C=CC1(CC)C2CN(C(C)=N/C(=C\C)c3cc(C)ccc3C)CC23CC13. The van der Waals surface area contributed by atoms with Gasteiger partial charge in [-0.3, -0.25) is 0 Å². The molecule has 2 aliphatic carbocycles. The molecule has 0 radical (unpaired) electrons. The van der Waals surface area contributed by atoms with Crippen LogP contribution in [0.5, 0.6) is 0 Å². The second-order valence-electron chi connectivity index (χ2n) is 8.74. The molecule has 1 saturated heterocycles. The first-order valence-electron chi connectivity index (χ1n) is 10.1. The van der Waals surface area contributed by atoms with E-state index in [0.717, 1.165) is 24.1 Å². The van der Waals surface area contributed by atoms with E-state index in [0.29, 0.717) is 10.8 Å². The van der Waals surface area contributed by atoms with Crippen molar-refractivity contribution in [2.75, 3.05) is 13.1 Å². The molecule has 2 heteroatoms. The number of aliphatic imine (C=N–C) groups is 1. The average molecular weight is 349 g/mol. The van der Waals surface area contributed by atoms with Gasteiger partial charge in [-0.25, -0.2) is 4.99 Å². The summed E-state index contributed by atoms with van der Waals surface area (Å²) < 4.78 is 0. The first kappa shape index (κ1) is 17.6. The first-order chi connectivity index (χ1) is 12.4. The lowest BCUT2D eigenvalue weighted by Crippen LogP contribution is -2.47. The van der Waals surface area contributed by atoms with Gasteiger partial charge in [0.25, 0.3) is 0 Å². The van der Waals surface area contributed by atoms with Crippen LogP contribution in [0, 0.1) is 36.5 Å². The molecule has 1 spiro atoms. The Bertz CT molecular complexity index is 817. The van der Waals surface area contributed by atoms with Gasteiger partial charge in [-0.05, 0) is 74.8 Å². The molecule has 138 valence electrons. The molecule has 4 atom stereocenters. The summed E-state index contributed by atoms with van der Waals surface area (Å²) >= 11 is 0. The summed E-state index contributed by atoms with van der Waals surface area (Å²) in [6.45, 7) is 17.5. The molecule has 1 heterocycles. The van der Waals surface area contributed by atoms with E-state index < -0.39 is 0 Å². The summed E-state index contributed by atoms with van der Waals surface area (Å²) in [5.74, 6) is 2.82. The number of aryl methyl sites for hydroxylation is 2. The maximum Gasteiger partial charge on any atom is 0.102 e. The van der Waals surface area contributed by atoms with Gasteiger partial charge in [0.1, 0.15) is 5.84 Å². The van der Waals surface area contributed by atoms with Gasteiger partial charge in [-0.2, -0.15) is 0 Å². The number of allylic oxidation sites excluding steroid dienone is 2. The Morgan fingerprint density at radius 1 is 1.35 bits per heavy atom. The highest BCUT2D eigenvalue weighted by molar-refractivity contribution is 5.87. The molecule has 0 aromatic heterocycles. The lowest BCUT2D eigenvalue weighted by molar-refractivity contribution is 0.0260.